The molecule has 0 nitrogen and oxygen atoms in total. The van der Waals surface area contributed by atoms with E-state index in [0.717, 1.165) is 18.4 Å². The second-order valence-electron chi connectivity index (χ2n) is 4.80. The predicted octanol–water partition coefficient (Wildman–Crippen LogP) is 4.85. The first-order valence-electron chi connectivity index (χ1n) is 6.30. The Morgan fingerprint density at radius 1 is 1.06 bits per heavy atom. The molecule has 0 aromatic heterocycles. The van der Waals surface area contributed by atoms with Gasteiger partial charge in [0.2, 0.25) is 0 Å². The third kappa shape index (κ3) is 1.70. The molecular weight excluding hydrogens is 216 g/mol. The van der Waals surface area contributed by atoms with Crippen molar-refractivity contribution in [3.63, 3.8) is 0 Å². The minimum absolute atomic E-state index is 0.853. The maximum Gasteiger partial charge on any atom is -0.00132 e. The molecule has 2 aromatic carbocycles. The Labute approximate surface area is 108 Å². The minimum atomic E-state index is 0.853. The second-order valence-corrected chi connectivity index (χ2v) is 4.80. The average molecular weight is 232 g/mol. The molecule has 0 fully saturated rings. The molecule has 0 bridgehead atoms. The molecular formula is C18H16. The molecule has 0 heteroatoms. The van der Waals surface area contributed by atoms with E-state index in [-0.39, 0.29) is 0 Å². The van der Waals surface area contributed by atoms with Gasteiger partial charge in [0.25, 0.3) is 0 Å². The van der Waals surface area contributed by atoms with Crippen molar-refractivity contribution in [3.8, 4) is 11.1 Å². The van der Waals surface area contributed by atoms with Gasteiger partial charge in [0.1, 0.15) is 0 Å². The van der Waals surface area contributed by atoms with E-state index in [0.29, 0.717) is 0 Å². The van der Waals surface area contributed by atoms with Crippen LogP contribution in [0.1, 0.15) is 23.1 Å². The standard InChI is InChI=1S/C18H16/c1-3-6-13(2)14-9-10-18-16(11-14)12-15-7-4-5-8-17(15)18/h3-5,7-11H,1-2,6,12H2. The summed E-state index contributed by atoms with van der Waals surface area (Å²) in [5.74, 6) is 0. The van der Waals surface area contributed by atoms with Crippen LogP contribution in [0.5, 0.6) is 0 Å². The van der Waals surface area contributed by atoms with Gasteiger partial charge in [0.15, 0.2) is 0 Å². The van der Waals surface area contributed by atoms with Crippen molar-refractivity contribution in [2.45, 2.75) is 12.8 Å². The highest BCUT2D eigenvalue weighted by Crippen LogP contribution is 2.37. The van der Waals surface area contributed by atoms with E-state index in [1.165, 1.54) is 27.8 Å². The first kappa shape index (κ1) is 11.0. The van der Waals surface area contributed by atoms with Gasteiger partial charge in [0, 0.05) is 0 Å². The number of hydrogen-bond acceptors (Lipinski definition) is 0. The highest BCUT2D eigenvalue weighted by Gasteiger charge is 2.17. The van der Waals surface area contributed by atoms with Gasteiger partial charge >= 0.3 is 0 Å². The quantitative estimate of drug-likeness (QED) is 0.566. The third-order valence-corrected chi connectivity index (χ3v) is 3.59. The van der Waals surface area contributed by atoms with Crippen LogP contribution >= 0.6 is 0 Å². The molecule has 0 spiro atoms. The van der Waals surface area contributed by atoms with E-state index in [9.17, 15) is 0 Å². The van der Waals surface area contributed by atoms with Crippen LogP contribution in [0, 0.1) is 0 Å². The summed E-state index contributed by atoms with van der Waals surface area (Å²) in [5.41, 5.74) is 7.98. The average Bonchev–Trinajstić information content (AvgIpc) is 2.76. The summed E-state index contributed by atoms with van der Waals surface area (Å²) in [4.78, 5) is 0. The van der Waals surface area contributed by atoms with Crippen molar-refractivity contribution in [1.29, 1.82) is 0 Å². The van der Waals surface area contributed by atoms with Crippen LogP contribution in [0.2, 0.25) is 0 Å². The largest absolute Gasteiger partial charge is 0.103 e. The van der Waals surface area contributed by atoms with Crippen molar-refractivity contribution in [3.05, 3.63) is 78.4 Å². The molecule has 88 valence electrons. The summed E-state index contributed by atoms with van der Waals surface area (Å²) in [6.45, 7) is 7.89. The maximum absolute atomic E-state index is 4.12. The monoisotopic (exact) mass is 232 g/mol. The van der Waals surface area contributed by atoms with Crippen molar-refractivity contribution in [1.82, 2.24) is 0 Å². The summed E-state index contributed by atoms with van der Waals surface area (Å²) in [7, 11) is 0. The van der Waals surface area contributed by atoms with Gasteiger partial charge in [-0.15, -0.1) is 6.58 Å². The summed E-state index contributed by atoms with van der Waals surface area (Å²) < 4.78 is 0. The van der Waals surface area contributed by atoms with Crippen LogP contribution in [-0.2, 0) is 6.42 Å². The lowest BCUT2D eigenvalue weighted by molar-refractivity contribution is 1.25. The first-order chi connectivity index (χ1) is 8.79. The van der Waals surface area contributed by atoms with Gasteiger partial charge in [-0.3, -0.25) is 0 Å². The van der Waals surface area contributed by atoms with Crippen LogP contribution in [0.4, 0.5) is 0 Å². The molecule has 18 heavy (non-hydrogen) atoms. The zero-order valence-corrected chi connectivity index (χ0v) is 10.4. The summed E-state index contributed by atoms with van der Waals surface area (Å²) >= 11 is 0. The zero-order chi connectivity index (χ0) is 12.5. The van der Waals surface area contributed by atoms with E-state index in [1.807, 2.05) is 6.08 Å². The van der Waals surface area contributed by atoms with Gasteiger partial charge in [0.05, 0.1) is 0 Å². The Hall–Kier alpha value is -2.08. The van der Waals surface area contributed by atoms with Gasteiger partial charge in [-0.1, -0.05) is 55.1 Å². The van der Waals surface area contributed by atoms with E-state index in [2.05, 4.69) is 55.6 Å². The predicted molar refractivity (Wildman–Crippen MR) is 78.5 cm³/mol. The summed E-state index contributed by atoms with van der Waals surface area (Å²) in [6, 6.07) is 15.3. The van der Waals surface area contributed by atoms with E-state index in [4.69, 9.17) is 0 Å². The molecule has 0 atom stereocenters. The fourth-order valence-electron chi connectivity index (χ4n) is 2.66. The molecule has 0 heterocycles. The molecule has 0 N–H and O–H groups in total. The smallest absolute Gasteiger partial charge is 0.00132 e. The Bertz CT molecular complexity index is 632. The number of fused-ring (bicyclic) bond motifs is 3. The van der Waals surface area contributed by atoms with Gasteiger partial charge < -0.3 is 0 Å². The maximum atomic E-state index is 4.12. The number of rotatable bonds is 3. The van der Waals surface area contributed by atoms with Gasteiger partial charge in [-0.2, -0.15) is 0 Å². The Balaban J connectivity index is 2.03. The van der Waals surface area contributed by atoms with Crippen LogP contribution < -0.4 is 0 Å². The van der Waals surface area contributed by atoms with Gasteiger partial charge in [-0.25, -0.2) is 0 Å². The topological polar surface area (TPSA) is 0 Å². The molecule has 0 radical (unpaired) electrons. The van der Waals surface area contributed by atoms with Gasteiger partial charge in [-0.05, 0) is 46.2 Å². The van der Waals surface area contributed by atoms with Crippen LogP contribution in [0.15, 0.2) is 61.7 Å². The molecule has 0 unspecified atom stereocenters. The fourth-order valence-corrected chi connectivity index (χ4v) is 2.66. The molecule has 0 saturated heterocycles. The first-order valence-corrected chi connectivity index (χ1v) is 6.30. The van der Waals surface area contributed by atoms with Crippen LogP contribution in [0.3, 0.4) is 0 Å². The van der Waals surface area contributed by atoms with Crippen molar-refractivity contribution < 1.29 is 0 Å². The van der Waals surface area contributed by atoms with Crippen molar-refractivity contribution in [2.75, 3.05) is 0 Å². The van der Waals surface area contributed by atoms with Crippen molar-refractivity contribution in [2.24, 2.45) is 0 Å². The normalized spacial score (nSPS) is 11.8. The minimum Gasteiger partial charge on any atom is -0.103 e. The van der Waals surface area contributed by atoms with E-state index in [1.54, 1.807) is 0 Å². The van der Waals surface area contributed by atoms with Crippen molar-refractivity contribution >= 4 is 5.57 Å². The molecule has 0 amide bonds. The number of benzene rings is 2. The Morgan fingerprint density at radius 2 is 1.83 bits per heavy atom. The Morgan fingerprint density at radius 3 is 2.67 bits per heavy atom. The lowest BCUT2D eigenvalue weighted by atomic mass is 9.98. The fraction of sp³-hybridized carbons (Fsp3) is 0.111. The SMILES string of the molecule is C=CCC(=C)c1ccc2c(c1)Cc1ccccc1-2. The zero-order valence-electron chi connectivity index (χ0n) is 10.4. The molecule has 0 saturated carbocycles. The lowest BCUT2D eigenvalue weighted by Crippen LogP contribution is -1.86. The highest BCUT2D eigenvalue weighted by molar-refractivity contribution is 5.79. The number of hydrogen-bond donors (Lipinski definition) is 0. The molecule has 1 aliphatic carbocycles. The highest BCUT2D eigenvalue weighted by atomic mass is 14.2. The second kappa shape index (κ2) is 4.30. The van der Waals surface area contributed by atoms with Crippen LogP contribution in [-0.4, -0.2) is 0 Å². The summed E-state index contributed by atoms with van der Waals surface area (Å²) in [5, 5.41) is 0. The summed E-state index contributed by atoms with van der Waals surface area (Å²) in [6.07, 6.45) is 3.80. The van der Waals surface area contributed by atoms with E-state index < -0.39 is 0 Å². The molecule has 2 aromatic rings. The molecule has 3 rings (SSSR count). The third-order valence-electron chi connectivity index (χ3n) is 3.59. The van der Waals surface area contributed by atoms with E-state index >= 15 is 0 Å². The molecule has 1 aliphatic rings. The van der Waals surface area contributed by atoms with Crippen LogP contribution in [0.25, 0.3) is 16.7 Å². The Kier molecular flexibility index (Phi) is 2.64. The number of allylic oxidation sites excluding steroid dienone is 2. The lowest BCUT2D eigenvalue weighted by Gasteiger charge is -2.06. The molecule has 0 aliphatic heterocycles.